The largest absolute Gasteiger partial charge is 0.398 e. The highest BCUT2D eigenvalue weighted by Gasteiger charge is 2.27. The minimum Gasteiger partial charge on any atom is -0.398 e. The molecule has 0 spiro atoms. The summed E-state index contributed by atoms with van der Waals surface area (Å²) in [6.45, 7) is 5.82. The Balaban J connectivity index is 2.09. The van der Waals surface area contributed by atoms with Crippen LogP contribution in [0.2, 0.25) is 0 Å². The summed E-state index contributed by atoms with van der Waals surface area (Å²) < 4.78 is 5.40. The molecule has 0 amide bonds. The molecule has 1 aliphatic heterocycles. The molecule has 6 heteroatoms. The molecule has 26 heavy (non-hydrogen) atoms. The van der Waals surface area contributed by atoms with Gasteiger partial charge in [-0.3, -0.25) is 0 Å². The lowest BCUT2D eigenvalue weighted by molar-refractivity contribution is 0.180. The summed E-state index contributed by atoms with van der Waals surface area (Å²) in [6.07, 6.45) is 4.18. The van der Waals surface area contributed by atoms with Crippen LogP contribution in [-0.4, -0.2) is 36.3 Å². The summed E-state index contributed by atoms with van der Waals surface area (Å²) in [5.41, 5.74) is 16.6. The van der Waals surface area contributed by atoms with Crippen molar-refractivity contribution in [2.75, 3.05) is 36.6 Å². The molecule has 1 fully saturated rings. The van der Waals surface area contributed by atoms with E-state index in [1.807, 2.05) is 19.1 Å². The van der Waals surface area contributed by atoms with E-state index in [1.54, 1.807) is 7.11 Å². The van der Waals surface area contributed by atoms with E-state index in [4.69, 9.17) is 26.2 Å². The molecule has 1 saturated heterocycles. The Labute approximate surface area is 155 Å². The zero-order valence-corrected chi connectivity index (χ0v) is 16.0. The second-order valence-corrected chi connectivity index (χ2v) is 7.00. The van der Waals surface area contributed by atoms with Gasteiger partial charge in [0.1, 0.15) is 5.82 Å². The Morgan fingerprint density at radius 3 is 2.81 bits per heavy atom. The maximum absolute atomic E-state index is 6.32. The van der Waals surface area contributed by atoms with Crippen LogP contribution in [0.5, 0.6) is 0 Å². The van der Waals surface area contributed by atoms with Gasteiger partial charge in [-0.1, -0.05) is 19.4 Å². The number of ether oxygens (including phenoxy) is 1. The number of hydrogen-bond donors (Lipinski definition) is 2. The lowest BCUT2D eigenvalue weighted by Gasteiger charge is -2.26. The van der Waals surface area contributed by atoms with Crippen molar-refractivity contribution in [3.8, 4) is 11.4 Å². The van der Waals surface area contributed by atoms with Crippen molar-refractivity contribution in [1.29, 1.82) is 0 Å². The van der Waals surface area contributed by atoms with E-state index >= 15 is 0 Å². The van der Waals surface area contributed by atoms with Crippen LogP contribution in [0.15, 0.2) is 18.2 Å². The lowest BCUT2D eigenvalue weighted by Crippen LogP contribution is -2.33. The van der Waals surface area contributed by atoms with E-state index in [9.17, 15) is 0 Å². The zero-order chi connectivity index (χ0) is 18.7. The predicted octanol–water partition coefficient (Wildman–Crippen LogP) is 3.18. The summed E-state index contributed by atoms with van der Waals surface area (Å²) in [6, 6.07) is 6.26. The molecule has 1 unspecified atom stereocenters. The van der Waals surface area contributed by atoms with E-state index in [1.165, 1.54) is 0 Å². The van der Waals surface area contributed by atoms with Gasteiger partial charge in [-0.2, -0.15) is 0 Å². The van der Waals surface area contributed by atoms with Crippen LogP contribution in [-0.2, 0) is 11.2 Å². The first-order valence-electron chi connectivity index (χ1n) is 9.33. The minimum absolute atomic E-state index is 0.351. The summed E-state index contributed by atoms with van der Waals surface area (Å²) in [5, 5.41) is 0. The van der Waals surface area contributed by atoms with Crippen molar-refractivity contribution in [3.63, 3.8) is 0 Å². The van der Waals surface area contributed by atoms with Crippen molar-refractivity contribution in [2.45, 2.75) is 45.6 Å². The fourth-order valence-corrected chi connectivity index (χ4v) is 3.62. The van der Waals surface area contributed by atoms with Crippen molar-refractivity contribution < 1.29 is 4.74 Å². The highest BCUT2D eigenvalue weighted by Crippen LogP contribution is 2.34. The van der Waals surface area contributed by atoms with Gasteiger partial charge in [0.25, 0.3) is 0 Å². The average Bonchev–Trinajstić information content (AvgIpc) is 3.07. The summed E-state index contributed by atoms with van der Waals surface area (Å²) in [7, 11) is 1.75. The van der Waals surface area contributed by atoms with Gasteiger partial charge in [0.05, 0.1) is 18.2 Å². The molecule has 3 rings (SSSR count). The Bertz CT molecular complexity index is 777. The van der Waals surface area contributed by atoms with Gasteiger partial charge in [0.15, 0.2) is 5.82 Å². The van der Waals surface area contributed by atoms with Gasteiger partial charge in [-0.15, -0.1) is 0 Å². The maximum atomic E-state index is 6.32. The second-order valence-electron chi connectivity index (χ2n) is 7.00. The van der Waals surface area contributed by atoms with Crippen LogP contribution < -0.4 is 16.4 Å². The topological polar surface area (TPSA) is 90.3 Å². The molecule has 1 atom stereocenters. The summed E-state index contributed by atoms with van der Waals surface area (Å²) in [5.74, 6) is 1.56. The maximum Gasteiger partial charge on any atom is 0.165 e. The van der Waals surface area contributed by atoms with Crippen molar-refractivity contribution in [1.82, 2.24) is 9.97 Å². The van der Waals surface area contributed by atoms with Gasteiger partial charge in [0.2, 0.25) is 0 Å². The number of methoxy groups -OCH3 is 1. The number of rotatable bonds is 6. The van der Waals surface area contributed by atoms with E-state index in [0.29, 0.717) is 29.8 Å². The predicted molar refractivity (Wildman–Crippen MR) is 107 cm³/mol. The molecule has 6 nitrogen and oxygen atoms in total. The molecule has 0 radical (unpaired) electrons. The first-order chi connectivity index (χ1) is 12.5. The van der Waals surface area contributed by atoms with E-state index in [0.717, 1.165) is 54.9 Å². The van der Waals surface area contributed by atoms with E-state index < -0.39 is 0 Å². The molecule has 1 aromatic heterocycles. The highest BCUT2D eigenvalue weighted by molar-refractivity contribution is 5.85. The zero-order valence-electron chi connectivity index (χ0n) is 16.0. The van der Waals surface area contributed by atoms with Crippen LogP contribution >= 0.6 is 0 Å². The fourth-order valence-electron chi connectivity index (χ4n) is 3.62. The third-order valence-electron chi connectivity index (χ3n) is 5.02. The van der Waals surface area contributed by atoms with Gasteiger partial charge in [-0.25, -0.2) is 9.97 Å². The number of nitrogens with zero attached hydrogens (tertiary/aromatic N) is 3. The third-order valence-corrected chi connectivity index (χ3v) is 5.02. The first-order valence-corrected chi connectivity index (χ1v) is 9.33. The van der Waals surface area contributed by atoms with Crippen molar-refractivity contribution in [3.05, 3.63) is 29.5 Å². The molecule has 0 saturated carbocycles. The Hall–Kier alpha value is -2.34. The molecule has 140 valence electrons. The fraction of sp³-hybridized carbons (Fsp3) is 0.500. The lowest BCUT2D eigenvalue weighted by atomic mass is 10.1. The first kappa shape index (κ1) is 18.5. The molecule has 2 heterocycles. The molecular formula is C20H29N5O. The van der Waals surface area contributed by atoms with Gasteiger partial charge >= 0.3 is 0 Å². The van der Waals surface area contributed by atoms with Crippen LogP contribution in [0, 0.1) is 6.92 Å². The van der Waals surface area contributed by atoms with Crippen LogP contribution in [0.3, 0.4) is 0 Å². The van der Waals surface area contributed by atoms with Crippen molar-refractivity contribution >= 4 is 17.2 Å². The van der Waals surface area contributed by atoms with Gasteiger partial charge in [0, 0.05) is 36.8 Å². The van der Waals surface area contributed by atoms with Gasteiger partial charge in [-0.05, 0) is 37.8 Å². The number of nitrogens with two attached hydrogens (primary N) is 2. The summed E-state index contributed by atoms with van der Waals surface area (Å²) >= 11 is 0. The minimum atomic E-state index is 0.351. The number of benzene rings is 1. The molecule has 0 bridgehead atoms. The molecule has 2 aromatic rings. The van der Waals surface area contributed by atoms with Crippen LogP contribution in [0.25, 0.3) is 11.4 Å². The molecule has 4 N–H and O–H groups in total. The van der Waals surface area contributed by atoms with Crippen molar-refractivity contribution in [2.24, 2.45) is 0 Å². The quantitative estimate of drug-likeness (QED) is 0.774. The van der Waals surface area contributed by atoms with E-state index in [2.05, 4.69) is 17.9 Å². The standard InChI is InChI=1S/C20H29N5O/c1-4-6-14-11-17(25-10-5-7-15(25)12-26-3)24-20(23-14)18-16(21)9-8-13(2)19(18)22/h8-9,11,15H,4-7,10,12,21-22H2,1-3H3. The number of aromatic nitrogens is 2. The Kier molecular flexibility index (Phi) is 5.61. The average molecular weight is 355 g/mol. The van der Waals surface area contributed by atoms with Crippen LogP contribution in [0.1, 0.15) is 37.4 Å². The number of anilines is 3. The monoisotopic (exact) mass is 355 g/mol. The normalized spacial score (nSPS) is 17.0. The second kappa shape index (κ2) is 7.91. The van der Waals surface area contributed by atoms with Gasteiger partial charge < -0.3 is 21.1 Å². The Morgan fingerprint density at radius 1 is 1.27 bits per heavy atom. The van der Waals surface area contributed by atoms with E-state index in [-0.39, 0.29) is 0 Å². The summed E-state index contributed by atoms with van der Waals surface area (Å²) in [4.78, 5) is 12.0. The smallest absolute Gasteiger partial charge is 0.165 e. The molecular weight excluding hydrogens is 326 g/mol. The third kappa shape index (κ3) is 3.60. The molecule has 1 aliphatic rings. The number of nitrogen functional groups attached to an aromatic ring is 2. The highest BCUT2D eigenvalue weighted by atomic mass is 16.5. The number of aryl methyl sites for hydroxylation is 2. The number of hydrogen-bond acceptors (Lipinski definition) is 6. The molecule has 1 aromatic carbocycles. The Morgan fingerprint density at radius 2 is 2.08 bits per heavy atom. The van der Waals surface area contributed by atoms with Crippen LogP contribution in [0.4, 0.5) is 17.2 Å². The SMILES string of the molecule is CCCc1cc(N2CCCC2COC)nc(-c2c(N)ccc(C)c2N)n1. The molecule has 0 aliphatic carbocycles.